The summed E-state index contributed by atoms with van der Waals surface area (Å²) in [6.45, 7) is 1.68. The Morgan fingerprint density at radius 1 is 1.17 bits per heavy atom. The minimum absolute atomic E-state index is 0.0417. The number of carbonyl (C=O) groups is 2. The van der Waals surface area contributed by atoms with Crippen molar-refractivity contribution in [2.75, 3.05) is 5.32 Å². The van der Waals surface area contributed by atoms with Crippen molar-refractivity contribution in [3.8, 4) is 0 Å². The van der Waals surface area contributed by atoms with Gasteiger partial charge < -0.3 is 10.4 Å². The molecule has 0 spiro atoms. The third-order valence-corrected chi connectivity index (χ3v) is 4.42. The highest BCUT2D eigenvalue weighted by molar-refractivity contribution is 5.93. The number of anilines is 1. The van der Waals surface area contributed by atoms with Crippen LogP contribution in [0, 0.1) is 12.7 Å². The molecule has 0 aliphatic heterocycles. The van der Waals surface area contributed by atoms with Gasteiger partial charge in [0.1, 0.15) is 17.7 Å². The summed E-state index contributed by atoms with van der Waals surface area (Å²) in [7, 11) is 0. The number of carboxylic acid groups (broad SMARTS) is 1. The fourth-order valence-corrected chi connectivity index (χ4v) is 2.94. The lowest BCUT2D eigenvalue weighted by Gasteiger charge is -2.18. The van der Waals surface area contributed by atoms with Gasteiger partial charge in [-0.1, -0.05) is 24.3 Å². The van der Waals surface area contributed by atoms with Crippen LogP contribution in [0.2, 0.25) is 0 Å². The second-order valence-corrected chi connectivity index (χ2v) is 6.60. The molecule has 2 aromatic carbocycles. The van der Waals surface area contributed by atoms with E-state index in [1.165, 1.54) is 16.8 Å². The van der Waals surface area contributed by atoms with E-state index < -0.39 is 12.0 Å². The van der Waals surface area contributed by atoms with Crippen molar-refractivity contribution in [1.82, 2.24) is 20.2 Å². The van der Waals surface area contributed by atoms with Gasteiger partial charge in [0.05, 0.1) is 0 Å². The van der Waals surface area contributed by atoms with E-state index in [4.69, 9.17) is 5.11 Å². The smallest absolute Gasteiger partial charge is 0.303 e. The molecule has 9 heteroatoms. The minimum Gasteiger partial charge on any atom is -0.481 e. The standard InChI is InChI=1S/C20H20FN5O3/c1-13-23-24-25-26(13)18(12-15-3-2-4-16(21)11-15)20(29)22-17-8-5-14(6-9-17)7-10-19(27)28/h2-6,8-9,11,18H,7,10,12H2,1H3,(H,22,29)(H,27,28). The number of nitrogens with zero attached hydrogens (tertiary/aromatic N) is 4. The molecule has 1 aromatic heterocycles. The van der Waals surface area contributed by atoms with Crippen LogP contribution in [0.3, 0.4) is 0 Å². The molecule has 0 saturated heterocycles. The summed E-state index contributed by atoms with van der Waals surface area (Å²) < 4.78 is 15.0. The van der Waals surface area contributed by atoms with Crippen LogP contribution in [0.15, 0.2) is 48.5 Å². The first-order chi connectivity index (χ1) is 13.9. The molecular formula is C20H20FN5O3. The van der Waals surface area contributed by atoms with Crippen LogP contribution in [-0.4, -0.2) is 37.2 Å². The van der Waals surface area contributed by atoms with Gasteiger partial charge in [0.2, 0.25) is 5.91 Å². The maximum absolute atomic E-state index is 13.6. The molecule has 29 heavy (non-hydrogen) atoms. The SMILES string of the molecule is Cc1nnnn1C(Cc1cccc(F)c1)C(=O)Nc1ccc(CCC(=O)O)cc1. The van der Waals surface area contributed by atoms with Gasteiger partial charge in [0, 0.05) is 18.5 Å². The maximum Gasteiger partial charge on any atom is 0.303 e. The zero-order valence-electron chi connectivity index (χ0n) is 15.7. The van der Waals surface area contributed by atoms with E-state index in [1.54, 1.807) is 43.3 Å². The van der Waals surface area contributed by atoms with Crippen molar-refractivity contribution in [2.45, 2.75) is 32.2 Å². The van der Waals surface area contributed by atoms with Crippen LogP contribution >= 0.6 is 0 Å². The first-order valence-electron chi connectivity index (χ1n) is 9.03. The van der Waals surface area contributed by atoms with Crippen molar-refractivity contribution < 1.29 is 19.1 Å². The number of rotatable bonds is 8. The Bertz CT molecular complexity index is 1000. The van der Waals surface area contributed by atoms with Gasteiger partial charge in [-0.05, 0) is 59.2 Å². The molecular weight excluding hydrogens is 377 g/mol. The largest absolute Gasteiger partial charge is 0.481 e. The number of nitrogens with one attached hydrogen (secondary N) is 1. The van der Waals surface area contributed by atoms with E-state index in [0.717, 1.165) is 5.56 Å². The molecule has 0 bridgehead atoms. The van der Waals surface area contributed by atoms with Gasteiger partial charge >= 0.3 is 5.97 Å². The lowest BCUT2D eigenvalue weighted by atomic mass is 10.0. The first-order valence-corrected chi connectivity index (χ1v) is 9.03. The Labute approximate surface area is 166 Å². The second-order valence-electron chi connectivity index (χ2n) is 6.60. The van der Waals surface area contributed by atoms with Crippen molar-refractivity contribution in [3.05, 3.63) is 71.3 Å². The fourth-order valence-electron chi connectivity index (χ4n) is 2.94. The molecule has 3 rings (SSSR count). The van der Waals surface area contributed by atoms with Crippen molar-refractivity contribution in [3.63, 3.8) is 0 Å². The van der Waals surface area contributed by atoms with Crippen LogP contribution in [0.25, 0.3) is 0 Å². The van der Waals surface area contributed by atoms with Crippen molar-refractivity contribution in [1.29, 1.82) is 0 Å². The summed E-state index contributed by atoms with van der Waals surface area (Å²) in [4.78, 5) is 23.6. The molecule has 0 fully saturated rings. The molecule has 1 unspecified atom stereocenters. The van der Waals surface area contributed by atoms with Crippen LogP contribution in [-0.2, 0) is 22.4 Å². The molecule has 0 saturated carbocycles. The van der Waals surface area contributed by atoms with E-state index in [-0.39, 0.29) is 24.6 Å². The number of amides is 1. The molecule has 2 N–H and O–H groups in total. The third kappa shape index (κ3) is 5.44. The molecule has 0 aliphatic rings. The fraction of sp³-hybridized carbons (Fsp3) is 0.250. The number of hydrogen-bond acceptors (Lipinski definition) is 5. The first kappa shape index (κ1) is 20.1. The van der Waals surface area contributed by atoms with Gasteiger partial charge in [-0.3, -0.25) is 9.59 Å². The normalized spacial score (nSPS) is 11.8. The zero-order valence-corrected chi connectivity index (χ0v) is 15.7. The molecule has 150 valence electrons. The van der Waals surface area contributed by atoms with Crippen LogP contribution in [0.4, 0.5) is 10.1 Å². The van der Waals surface area contributed by atoms with Gasteiger partial charge in [0.25, 0.3) is 0 Å². The number of carbonyl (C=O) groups excluding carboxylic acids is 1. The molecule has 1 heterocycles. The zero-order chi connectivity index (χ0) is 20.8. The molecule has 0 radical (unpaired) electrons. The number of halogens is 1. The average Bonchev–Trinajstić information content (AvgIpc) is 3.11. The summed E-state index contributed by atoms with van der Waals surface area (Å²) in [5.74, 6) is -1.13. The van der Waals surface area contributed by atoms with E-state index in [0.29, 0.717) is 23.5 Å². The topological polar surface area (TPSA) is 110 Å². The molecule has 0 aliphatic carbocycles. The maximum atomic E-state index is 13.6. The summed E-state index contributed by atoms with van der Waals surface area (Å²) in [6, 6.07) is 12.2. The predicted octanol–water partition coefficient (Wildman–Crippen LogP) is 2.56. The van der Waals surface area contributed by atoms with Gasteiger partial charge in [0.15, 0.2) is 0 Å². The number of benzene rings is 2. The second kappa shape index (κ2) is 9.05. The van der Waals surface area contributed by atoms with E-state index in [9.17, 15) is 14.0 Å². The Balaban J connectivity index is 1.76. The molecule has 3 aromatic rings. The van der Waals surface area contributed by atoms with E-state index in [1.807, 2.05) is 0 Å². The Kier molecular flexibility index (Phi) is 6.28. The van der Waals surface area contributed by atoms with E-state index in [2.05, 4.69) is 20.8 Å². The third-order valence-electron chi connectivity index (χ3n) is 4.42. The Morgan fingerprint density at radius 2 is 1.93 bits per heavy atom. The monoisotopic (exact) mass is 397 g/mol. The van der Waals surface area contributed by atoms with Crippen molar-refractivity contribution >= 4 is 17.6 Å². The summed E-state index contributed by atoms with van der Waals surface area (Å²) in [5, 5.41) is 22.9. The van der Waals surface area contributed by atoms with Crippen LogP contribution in [0.1, 0.15) is 29.4 Å². The number of aryl methyl sites for hydroxylation is 2. The lowest BCUT2D eigenvalue weighted by Crippen LogP contribution is -2.29. The highest BCUT2D eigenvalue weighted by Crippen LogP contribution is 2.19. The van der Waals surface area contributed by atoms with Gasteiger partial charge in [-0.25, -0.2) is 9.07 Å². The van der Waals surface area contributed by atoms with Gasteiger partial charge in [-0.15, -0.1) is 5.10 Å². The number of tetrazole rings is 1. The summed E-state index contributed by atoms with van der Waals surface area (Å²) in [5.41, 5.74) is 2.06. The predicted molar refractivity (Wildman–Crippen MR) is 103 cm³/mol. The highest BCUT2D eigenvalue weighted by atomic mass is 19.1. The Morgan fingerprint density at radius 3 is 2.55 bits per heavy atom. The van der Waals surface area contributed by atoms with E-state index >= 15 is 0 Å². The average molecular weight is 397 g/mol. The summed E-state index contributed by atoms with van der Waals surface area (Å²) in [6.07, 6.45) is 0.668. The number of aromatic nitrogens is 4. The number of carboxylic acids is 1. The highest BCUT2D eigenvalue weighted by Gasteiger charge is 2.24. The van der Waals surface area contributed by atoms with Crippen LogP contribution < -0.4 is 5.32 Å². The molecule has 8 nitrogen and oxygen atoms in total. The number of aliphatic carboxylic acids is 1. The van der Waals surface area contributed by atoms with Gasteiger partial charge in [-0.2, -0.15) is 0 Å². The molecule has 1 atom stereocenters. The Hall–Kier alpha value is -3.62. The summed E-state index contributed by atoms with van der Waals surface area (Å²) >= 11 is 0. The minimum atomic E-state index is -0.862. The lowest BCUT2D eigenvalue weighted by molar-refractivity contribution is -0.137. The molecule has 1 amide bonds. The van der Waals surface area contributed by atoms with Crippen molar-refractivity contribution in [2.24, 2.45) is 0 Å². The number of hydrogen-bond donors (Lipinski definition) is 2. The quantitative estimate of drug-likeness (QED) is 0.604. The van der Waals surface area contributed by atoms with Crippen LogP contribution in [0.5, 0.6) is 0 Å².